The number of rotatable bonds is 8. The van der Waals surface area contributed by atoms with Crippen LogP contribution in [0.5, 0.6) is 5.75 Å². The Hall–Kier alpha value is -3.38. The number of nitrogens with zero attached hydrogens (tertiary/aromatic N) is 1. The average Bonchev–Trinajstić information content (AvgIpc) is 3.45. The van der Waals surface area contributed by atoms with Gasteiger partial charge in [0.05, 0.1) is 17.7 Å². The number of Topliss-reactive ketones (excluding diaryl/α,β-unsaturated/α-hetero) is 1. The lowest BCUT2D eigenvalue weighted by Gasteiger charge is -2.27. The predicted octanol–water partition coefficient (Wildman–Crippen LogP) is 4.98. The number of amides is 1. The van der Waals surface area contributed by atoms with Crippen LogP contribution in [0.15, 0.2) is 66.8 Å². The summed E-state index contributed by atoms with van der Waals surface area (Å²) in [5.41, 5.74) is 2.49. The minimum absolute atomic E-state index is 0.0973. The fourth-order valence-corrected chi connectivity index (χ4v) is 4.51. The summed E-state index contributed by atoms with van der Waals surface area (Å²) >= 11 is 0. The van der Waals surface area contributed by atoms with Crippen molar-refractivity contribution in [2.45, 2.75) is 44.8 Å². The summed E-state index contributed by atoms with van der Waals surface area (Å²) in [6, 6.07) is 14.0. The predicted molar refractivity (Wildman–Crippen MR) is 131 cm³/mol. The molecule has 2 aliphatic rings. The van der Waals surface area contributed by atoms with Gasteiger partial charge in [-0.3, -0.25) is 9.59 Å². The highest BCUT2D eigenvalue weighted by molar-refractivity contribution is 6.46. The number of ether oxygens (including phenoxy) is 2. The second-order valence-electron chi connectivity index (χ2n) is 9.03. The highest BCUT2D eigenvalue weighted by Gasteiger charge is 2.47. The zero-order valence-electron chi connectivity index (χ0n) is 19.7. The van der Waals surface area contributed by atoms with Crippen LogP contribution in [0.1, 0.15) is 55.3 Å². The second-order valence-corrected chi connectivity index (χ2v) is 9.03. The van der Waals surface area contributed by atoms with E-state index in [1.807, 2.05) is 24.3 Å². The lowest BCUT2D eigenvalue weighted by atomic mass is 9.93. The molecule has 2 saturated heterocycles. The molecule has 2 aromatic rings. The number of aliphatic hydroxyl groups excluding tert-OH is 1. The topological polar surface area (TPSA) is 76.1 Å². The van der Waals surface area contributed by atoms with Gasteiger partial charge in [0.1, 0.15) is 18.1 Å². The Labute approximate surface area is 200 Å². The van der Waals surface area contributed by atoms with Gasteiger partial charge < -0.3 is 19.5 Å². The van der Waals surface area contributed by atoms with Crippen molar-refractivity contribution in [3.05, 3.63) is 83.4 Å². The molecular weight excluding hydrogens is 430 g/mol. The highest BCUT2D eigenvalue weighted by Crippen LogP contribution is 2.40. The maximum atomic E-state index is 13.2. The molecule has 2 atom stereocenters. The average molecular weight is 462 g/mol. The molecule has 0 aliphatic carbocycles. The number of ketones is 1. The van der Waals surface area contributed by atoms with E-state index in [1.165, 1.54) is 0 Å². The number of benzene rings is 2. The molecule has 0 aromatic heterocycles. The Morgan fingerprint density at radius 3 is 2.47 bits per heavy atom. The van der Waals surface area contributed by atoms with E-state index in [0.29, 0.717) is 37.0 Å². The van der Waals surface area contributed by atoms with Crippen LogP contribution in [-0.4, -0.2) is 47.6 Å². The van der Waals surface area contributed by atoms with Crippen LogP contribution in [-0.2, 0) is 14.3 Å². The molecule has 6 nitrogen and oxygen atoms in total. The third-order valence-corrected chi connectivity index (χ3v) is 6.38. The first-order valence-electron chi connectivity index (χ1n) is 11.7. The van der Waals surface area contributed by atoms with Crippen LogP contribution in [0.25, 0.3) is 5.76 Å². The van der Waals surface area contributed by atoms with Crippen LogP contribution in [0, 0.1) is 0 Å². The maximum Gasteiger partial charge on any atom is 0.295 e. The normalized spacial score (nSPS) is 21.9. The van der Waals surface area contributed by atoms with Crippen LogP contribution in [0.4, 0.5) is 0 Å². The Bertz CT molecular complexity index is 1080. The van der Waals surface area contributed by atoms with Gasteiger partial charge in [-0.15, -0.1) is 0 Å². The molecule has 2 aromatic carbocycles. The number of carbonyl (C=O) groups excluding carboxylic acids is 2. The number of aliphatic hydroxyl groups is 1. The quantitative estimate of drug-likeness (QED) is 0.260. The lowest BCUT2D eigenvalue weighted by Crippen LogP contribution is -2.36. The van der Waals surface area contributed by atoms with Gasteiger partial charge in [-0.2, -0.15) is 0 Å². The Balaban J connectivity index is 1.75. The summed E-state index contributed by atoms with van der Waals surface area (Å²) in [5, 5.41) is 11.2. The van der Waals surface area contributed by atoms with Crippen molar-refractivity contribution in [1.29, 1.82) is 0 Å². The molecule has 2 fully saturated rings. The lowest BCUT2D eigenvalue weighted by molar-refractivity contribution is -0.140. The highest BCUT2D eigenvalue weighted by atomic mass is 16.5. The third kappa shape index (κ3) is 4.77. The van der Waals surface area contributed by atoms with Crippen molar-refractivity contribution >= 4 is 17.4 Å². The molecule has 6 heteroatoms. The molecule has 0 spiro atoms. The van der Waals surface area contributed by atoms with E-state index in [-0.39, 0.29) is 17.4 Å². The fraction of sp³-hybridized carbons (Fsp3) is 0.357. The largest absolute Gasteiger partial charge is 0.507 e. The maximum absolute atomic E-state index is 13.2. The second kappa shape index (κ2) is 10.3. The van der Waals surface area contributed by atoms with Crippen LogP contribution in [0.3, 0.4) is 0 Å². The molecule has 0 unspecified atom stereocenters. The van der Waals surface area contributed by atoms with E-state index in [9.17, 15) is 14.7 Å². The van der Waals surface area contributed by atoms with Crippen molar-refractivity contribution in [3.63, 3.8) is 0 Å². The van der Waals surface area contributed by atoms with Crippen molar-refractivity contribution in [2.75, 3.05) is 19.8 Å². The molecule has 0 radical (unpaired) electrons. The molecular formula is C28H31NO5. The van der Waals surface area contributed by atoms with E-state index < -0.39 is 17.7 Å². The monoisotopic (exact) mass is 461 g/mol. The number of hydrogen-bond donors (Lipinski definition) is 1. The molecule has 2 aliphatic heterocycles. The van der Waals surface area contributed by atoms with E-state index in [1.54, 1.807) is 35.2 Å². The molecule has 34 heavy (non-hydrogen) atoms. The molecule has 178 valence electrons. The summed E-state index contributed by atoms with van der Waals surface area (Å²) in [6.07, 6.45) is 3.31. The third-order valence-electron chi connectivity index (χ3n) is 6.38. The molecule has 1 N–H and O–H groups in total. The fourth-order valence-electron chi connectivity index (χ4n) is 4.51. The van der Waals surface area contributed by atoms with E-state index in [2.05, 4.69) is 20.4 Å². The summed E-state index contributed by atoms with van der Waals surface area (Å²) in [7, 11) is 0. The number of carbonyl (C=O) groups is 2. The van der Waals surface area contributed by atoms with E-state index >= 15 is 0 Å². The van der Waals surface area contributed by atoms with Crippen molar-refractivity contribution in [3.8, 4) is 5.75 Å². The minimum atomic E-state index is -0.680. The Kier molecular flexibility index (Phi) is 7.17. The zero-order chi connectivity index (χ0) is 24.2. The first-order valence-corrected chi connectivity index (χ1v) is 11.7. The van der Waals surface area contributed by atoms with Crippen molar-refractivity contribution in [1.82, 2.24) is 4.90 Å². The SMILES string of the molecule is C=CCOc1ccc(C(O)=C2C(=O)C(=O)N(C[C@@H]3CCCO3)[C@@H]2c2ccc(C(C)C)cc2)cc1. The first-order chi connectivity index (χ1) is 16.4. The number of likely N-dealkylation sites (tertiary alicyclic amines) is 1. The van der Waals surface area contributed by atoms with E-state index in [4.69, 9.17) is 9.47 Å². The van der Waals surface area contributed by atoms with Crippen molar-refractivity contribution < 1.29 is 24.2 Å². The molecule has 0 saturated carbocycles. The number of hydrogen-bond acceptors (Lipinski definition) is 5. The van der Waals surface area contributed by atoms with Gasteiger partial charge in [-0.25, -0.2) is 0 Å². The molecule has 4 rings (SSSR count). The van der Waals surface area contributed by atoms with Crippen LogP contribution >= 0.6 is 0 Å². The van der Waals surface area contributed by atoms with Gasteiger partial charge >= 0.3 is 0 Å². The summed E-state index contributed by atoms with van der Waals surface area (Å²) in [4.78, 5) is 27.9. The van der Waals surface area contributed by atoms with E-state index in [0.717, 1.165) is 24.0 Å². The van der Waals surface area contributed by atoms with Crippen molar-refractivity contribution in [2.24, 2.45) is 0 Å². The summed E-state index contributed by atoms with van der Waals surface area (Å²) in [6.45, 7) is 9.19. The van der Waals surface area contributed by atoms with Crippen LogP contribution in [0.2, 0.25) is 0 Å². The molecule has 2 heterocycles. The Morgan fingerprint density at radius 2 is 1.88 bits per heavy atom. The van der Waals surface area contributed by atoms with Gasteiger partial charge in [-0.05, 0) is 54.2 Å². The molecule has 1 amide bonds. The Morgan fingerprint density at radius 1 is 1.18 bits per heavy atom. The van der Waals surface area contributed by atoms with Crippen LogP contribution < -0.4 is 4.74 Å². The standard InChI is InChI=1S/C28H31NO5/c1-4-15-33-22-13-11-21(12-14-22)26(30)24-25(20-9-7-19(8-10-20)18(2)3)29(28(32)27(24)31)17-23-6-5-16-34-23/h4,7-14,18,23,25,30H,1,5-6,15-17H2,2-3H3/t23-,25+/m0/s1. The first kappa shape index (κ1) is 23.8. The van der Waals surface area contributed by atoms with Gasteiger partial charge in [0, 0.05) is 18.7 Å². The zero-order valence-corrected chi connectivity index (χ0v) is 19.7. The van der Waals surface area contributed by atoms with Gasteiger partial charge in [-0.1, -0.05) is 50.8 Å². The summed E-state index contributed by atoms with van der Waals surface area (Å²) in [5.74, 6) is -0.507. The molecule has 0 bridgehead atoms. The smallest absolute Gasteiger partial charge is 0.295 e. The minimum Gasteiger partial charge on any atom is -0.507 e. The van der Waals surface area contributed by atoms with Gasteiger partial charge in [0.25, 0.3) is 11.7 Å². The van der Waals surface area contributed by atoms with Gasteiger partial charge in [0.15, 0.2) is 0 Å². The summed E-state index contributed by atoms with van der Waals surface area (Å²) < 4.78 is 11.3. The van der Waals surface area contributed by atoms with Gasteiger partial charge in [0.2, 0.25) is 0 Å².